The van der Waals surface area contributed by atoms with Crippen molar-refractivity contribution in [2.75, 3.05) is 19.3 Å². The lowest BCUT2D eigenvalue weighted by Crippen LogP contribution is -2.47. The second-order valence-electron chi connectivity index (χ2n) is 6.72. The molecule has 2 aromatic rings. The average Bonchev–Trinajstić information content (AvgIpc) is 2.67. The van der Waals surface area contributed by atoms with E-state index in [0.717, 1.165) is 11.1 Å². The van der Waals surface area contributed by atoms with Gasteiger partial charge in [0.1, 0.15) is 9.84 Å². The number of nitrogens with zero attached hydrogens (tertiary/aromatic N) is 1. The van der Waals surface area contributed by atoms with Crippen LogP contribution >= 0.6 is 0 Å². The van der Waals surface area contributed by atoms with Crippen molar-refractivity contribution in [1.82, 2.24) is 10.2 Å². The maximum absolute atomic E-state index is 12.8. The highest BCUT2D eigenvalue weighted by Crippen LogP contribution is 2.23. The largest absolute Gasteiger partial charge is 0.327 e. The van der Waals surface area contributed by atoms with Gasteiger partial charge in [-0.2, -0.15) is 0 Å². The van der Waals surface area contributed by atoms with Crippen molar-refractivity contribution >= 4 is 15.9 Å². The molecule has 0 radical (unpaired) electrons. The highest BCUT2D eigenvalue weighted by molar-refractivity contribution is 7.91. The minimum absolute atomic E-state index is 0.158. The van der Waals surface area contributed by atoms with E-state index in [1.807, 2.05) is 60.7 Å². The maximum atomic E-state index is 12.8. The molecular weight excluding hydrogens is 348 g/mol. The Kier molecular flexibility index (Phi) is 5.61. The molecule has 1 aliphatic heterocycles. The van der Waals surface area contributed by atoms with Crippen molar-refractivity contribution in [3.63, 3.8) is 0 Å². The molecule has 0 aromatic heterocycles. The molecule has 0 unspecified atom stereocenters. The summed E-state index contributed by atoms with van der Waals surface area (Å²) < 4.78 is 23.4. The molecule has 1 fully saturated rings. The van der Waals surface area contributed by atoms with Gasteiger partial charge in [0.25, 0.3) is 0 Å². The summed E-state index contributed by atoms with van der Waals surface area (Å²) in [5, 5.41) is 2.77. The Hall–Kier alpha value is -2.34. The quantitative estimate of drug-likeness (QED) is 0.897. The summed E-state index contributed by atoms with van der Waals surface area (Å²) in [5.41, 5.74) is 2.02. The number of nitrogens with one attached hydrogen (secondary N) is 1. The van der Waals surface area contributed by atoms with E-state index in [1.165, 1.54) is 6.26 Å². The number of piperidine rings is 1. The fraction of sp³-hybridized carbons (Fsp3) is 0.350. The van der Waals surface area contributed by atoms with Gasteiger partial charge in [-0.05, 0) is 24.0 Å². The molecule has 0 atom stereocenters. The summed E-state index contributed by atoms with van der Waals surface area (Å²) in [7, 11) is -3.04. The van der Waals surface area contributed by atoms with Crippen LogP contribution in [-0.4, -0.2) is 43.9 Å². The average molecular weight is 372 g/mol. The molecule has 5 nitrogen and oxygen atoms in total. The van der Waals surface area contributed by atoms with Crippen LogP contribution in [0.2, 0.25) is 0 Å². The Balaban J connectivity index is 1.73. The summed E-state index contributed by atoms with van der Waals surface area (Å²) in [4.78, 5) is 14.5. The zero-order chi connectivity index (χ0) is 18.6. The monoisotopic (exact) mass is 372 g/mol. The molecule has 0 saturated carbocycles. The van der Waals surface area contributed by atoms with Crippen LogP contribution < -0.4 is 5.32 Å². The standard InChI is InChI=1S/C20H24N2O3S/c1-26(24,25)18-12-14-22(15-13-18)20(23)21-19(16-8-4-2-5-9-16)17-10-6-3-7-11-17/h2-11,18-19H,12-15H2,1H3,(H,21,23). The van der Waals surface area contributed by atoms with Gasteiger partial charge >= 0.3 is 6.03 Å². The molecule has 6 heteroatoms. The van der Waals surface area contributed by atoms with E-state index >= 15 is 0 Å². The molecule has 26 heavy (non-hydrogen) atoms. The van der Waals surface area contributed by atoms with Gasteiger partial charge in [0.2, 0.25) is 0 Å². The molecule has 2 aromatic carbocycles. The van der Waals surface area contributed by atoms with Crippen LogP contribution in [0.4, 0.5) is 4.79 Å². The summed E-state index contributed by atoms with van der Waals surface area (Å²) >= 11 is 0. The van der Waals surface area contributed by atoms with E-state index in [4.69, 9.17) is 0 Å². The molecule has 0 spiro atoms. The van der Waals surface area contributed by atoms with Crippen molar-refractivity contribution in [3.05, 3.63) is 71.8 Å². The van der Waals surface area contributed by atoms with E-state index in [9.17, 15) is 13.2 Å². The minimum Gasteiger partial charge on any atom is -0.327 e. The van der Waals surface area contributed by atoms with Crippen LogP contribution in [-0.2, 0) is 9.84 Å². The molecule has 1 heterocycles. The van der Waals surface area contributed by atoms with Crippen LogP contribution in [0.1, 0.15) is 30.0 Å². The number of rotatable bonds is 4. The van der Waals surface area contributed by atoms with Crippen molar-refractivity contribution in [2.45, 2.75) is 24.1 Å². The second kappa shape index (κ2) is 7.91. The molecular formula is C20H24N2O3S. The van der Waals surface area contributed by atoms with E-state index in [-0.39, 0.29) is 17.3 Å². The number of amides is 2. The van der Waals surface area contributed by atoms with Crippen LogP contribution in [0, 0.1) is 0 Å². The fourth-order valence-electron chi connectivity index (χ4n) is 3.35. The zero-order valence-electron chi connectivity index (χ0n) is 14.8. The molecule has 1 saturated heterocycles. The molecule has 0 aliphatic carbocycles. The lowest BCUT2D eigenvalue weighted by molar-refractivity contribution is 0.184. The number of carbonyl (C=O) groups is 1. The molecule has 2 amide bonds. The fourth-order valence-corrected chi connectivity index (χ4v) is 4.42. The van der Waals surface area contributed by atoms with Crippen molar-refractivity contribution < 1.29 is 13.2 Å². The first-order valence-electron chi connectivity index (χ1n) is 8.79. The first-order chi connectivity index (χ1) is 12.4. The normalized spacial score (nSPS) is 15.8. The predicted octanol–water partition coefficient (Wildman–Crippen LogP) is 2.99. The third kappa shape index (κ3) is 4.43. The van der Waals surface area contributed by atoms with Gasteiger partial charge in [-0.15, -0.1) is 0 Å². The van der Waals surface area contributed by atoms with E-state index in [2.05, 4.69) is 5.32 Å². The van der Waals surface area contributed by atoms with Gasteiger partial charge in [-0.3, -0.25) is 0 Å². The Morgan fingerprint density at radius 3 is 1.85 bits per heavy atom. The van der Waals surface area contributed by atoms with Crippen LogP contribution in [0.25, 0.3) is 0 Å². The topological polar surface area (TPSA) is 66.5 Å². The van der Waals surface area contributed by atoms with Gasteiger partial charge in [0.05, 0.1) is 11.3 Å². The van der Waals surface area contributed by atoms with Crippen molar-refractivity contribution in [1.29, 1.82) is 0 Å². The van der Waals surface area contributed by atoms with Gasteiger partial charge in [0.15, 0.2) is 0 Å². The van der Waals surface area contributed by atoms with E-state index < -0.39 is 9.84 Å². The number of carbonyl (C=O) groups excluding carboxylic acids is 1. The molecule has 138 valence electrons. The zero-order valence-corrected chi connectivity index (χ0v) is 15.7. The number of benzene rings is 2. The van der Waals surface area contributed by atoms with Crippen molar-refractivity contribution in [3.8, 4) is 0 Å². The highest BCUT2D eigenvalue weighted by atomic mass is 32.2. The molecule has 0 bridgehead atoms. The van der Waals surface area contributed by atoms with Gasteiger partial charge in [-0.1, -0.05) is 60.7 Å². The lowest BCUT2D eigenvalue weighted by atomic mass is 9.99. The molecule has 3 rings (SSSR count). The Bertz CT molecular complexity index is 790. The van der Waals surface area contributed by atoms with Crippen LogP contribution in [0.15, 0.2) is 60.7 Å². The first-order valence-corrected chi connectivity index (χ1v) is 10.7. The summed E-state index contributed by atoms with van der Waals surface area (Å²) in [5.74, 6) is 0. The predicted molar refractivity (Wildman–Crippen MR) is 103 cm³/mol. The third-order valence-corrected chi connectivity index (χ3v) is 6.55. The number of sulfone groups is 1. The minimum atomic E-state index is -3.04. The Morgan fingerprint density at radius 2 is 1.42 bits per heavy atom. The Morgan fingerprint density at radius 1 is 0.962 bits per heavy atom. The molecule has 1 aliphatic rings. The third-order valence-electron chi connectivity index (χ3n) is 4.87. The number of hydrogen-bond donors (Lipinski definition) is 1. The van der Waals surface area contributed by atoms with Crippen LogP contribution in [0.5, 0.6) is 0 Å². The van der Waals surface area contributed by atoms with Gasteiger partial charge in [0, 0.05) is 19.3 Å². The number of urea groups is 1. The summed E-state index contributed by atoms with van der Waals surface area (Å²) in [6.45, 7) is 0.916. The SMILES string of the molecule is CS(=O)(=O)C1CCN(C(=O)NC(c2ccccc2)c2ccccc2)CC1. The number of likely N-dealkylation sites (tertiary alicyclic amines) is 1. The maximum Gasteiger partial charge on any atom is 0.318 e. The smallest absolute Gasteiger partial charge is 0.318 e. The first kappa shape index (κ1) is 18.5. The van der Waals surface area contributed by atoms with Gasteiger partial charge in [-0.25, -0.2) is 13.2 Å². The van der Waals surface area contributed by atoms with E-state index in [0.29, 0.717) is 25.9 Å². The van der Waals surface area contributed by atoms with Crippen LogP contribution in [0.3, 0.4) is 0 Å². The summed E-state index contributed by atoms with van der Waals surface area (Å²) in [6.07, 6.45) is 2.26. The highest BCUT2D eigenvalue weighted by Gasteiger charge is 2.29. The van der Waals surface area contributed by atoms with Gasteiger partial charge < -0.3 is 10.2 Å². The number of hydrogen-bond acceptors (Lipinski definition) is 3. The van der Waals surface area contributed by atoms with E-state index in [1.54, 1.807) is 4.90 Å². The molecule has 1 N–H and O–H groups in total. The summed E-state index contributed by atoms with van der Waals surface area (Å²) in [6, 6.07) is 19.3. The second-order valence-corrected chi connectivity index (χ2v) is 9.05. The Labute approximate surface area is 154 Å². The lowest BCUT2D eigenvalue weighted by Gasteiger charge is -2.32. The van der Waals surface area contributed by atoms with Crippen molar-refractivity contribution in [2.24, 2.45) is 0 Å².